The Morgan fingerprint density at radius 1 is 1.16 bits per heavy atom. The van der Waals surface area contributed by atoms with Crippen LogP contribution in [-0.2, 0) is 9.53 Å². The van der Waals surface area contributed by atoms with Crippen LogP contribution < -0.4 is 4.90 Å². The van der Waals surface area contributed by atoms with Gasteiger partial charge in [-0.25, -0.2) is 0 Å². The van der Waals surface area contributed by atoms with E-state index in [1.54, 1.807) is 6.07 Å². The van der Waals surface area contributed by atoms with Crippen molar-refractivity contribution >= 4 is 28.7 Å². The van der Waals surface area contributed by atoms with Crippen molar-refractivity contribution in [2.45, 2.75) is 53.4 Å². The molecule has 0 spiro atoms. The number of azo groups is 1. The zero-order valence-corrected chi connectivity index (χ0v) is 21.7. The topological polar surface area (TPSA) is 145 Å². The molecule has 0 aromatic heterocycles. The second-order valence-electron chi connectivity index (χ2n) is 8.74. The smallest absolute Gasteiger partial charge is 0.302 e. The maximum atomic E-state index is 11.3. The highest BCUT2D eigenvalue weighted by molar-refractivity contribution is 5.67. The molecule has 0 amide bonds. The zero-order valence-electron chi connectivity index (χ0n) is 21.7. The molecule has 0 fully saturated rings. The molecule has 194 valence electrons. The van der Waals surface area contributed by atoms with Gasteiger partial charge in [-0.05, 0) is 43.0 Å². The molecule has 0 aliphatic heterocycles. The summed E-state index contributed by atoms with van der Waals surface area (Å²) < 4.78 is 5.19. The molecule has 0 aliphatic carbocycles. The van der Waals surface area contributed by atoms with Crippen LogP contribution in [0.25, 0.3) is 0 Å². The van der Waals surface area contributed by atoms with Crippen molar-refractivity contribution in [1.82, 2.24) is 0 Å². The number of carbonyl (C=O) groups excluding carboxylic acids is 1. The molecule has 0 bridgehead atoms. The number of ether oxygens (including phenoxy) is 1. The summed E-state index contributed by atoms with van der Waals surface area (Å²) in [6, 6.07) is 11.5. The number of benzene rings is 2. The number of nitro groups is 1. The number of nitriles is 2. The monoisotopic (exact) mass is 504 g/mol. The molecule has 10 heteroatoms. The van der Waals surface area contributed by atoms with E-state index in [9.17, 15) is 25.4 Å². The Labute approximate surface area is 217 Å². The predicted molar refractivity (Wildman–Crippen MR) is 140 cm³/mol. The molecule has 0 radical (unpaired) electrons. The number of esters is 1. The van der Waals surface area contributed by atoms with Crippen LogP contribution in [0.5, 0.6) is 0 Å². The number of nitrogens with zero attached hydrogens (tertiary/aromatic N) is 6. The lowest BCUT2D eigenvalue weighted by Crippen LogP contribution is -2.33. The maximum Gasteiger partial charge on any atom is 0.302 e. The Hall–Kier alpha value is -4.31. The lowest BCUT2D eigenvalue weighted by Gasteiger charge is -2.29. The Morgan fingerprint density at radius 3 is 2.35 bits per heavy atom. The third kappa shape index (κ3) is 8.39. The number of unbranched alkanes of at least 4 members (excludes halogenated alkanes) is 1. The first-order valence-electron chi connectivity index (χ1n) is 12.3. The van der Waals surface area contributed by atoms with Crippen molar-refractivity contribution in [1.29, 1.82) is 10.5 Å². The summed E-state index contributed by atoms with van der Waals surface area (Å²) in [4.78, 5) is 23.9. The molecule has 37 heavy (non-hydrogen) atoms. The highest BCUT2D eigenvalue weighted by Gasteiger charge is 2.18. The second kappa shape index (κ2) is 14.3. The van der Waals surface area contributed by atoms with Crippen LogP contribution in [0.2, 0.25) is 0 Å². The molecule has 2 aromatic rings. The summed E-state index contributed by atoms with van der Waals surface area (Å²) in [5.74, 6) is 0.192. The van der Waals surface area contributed by atoms with Crippen molar-refractivity contribution in [3.8, 4) is 12.1 Å². The fourth-order valence-electron chi connectivity index (χ4n) is 3.91. The molecule has 1 unspecified atom stereocenters. The van der Waals surface area contributed by atoms with E-state index in [0.717, 1.165) is 55.6 Å². The number of nitro benzene ring substituents is 1. The second-order valence-corrected chi connectivity index (χ2v) is 8.74. The Kier molecular flexibility index (Phi) is 11.2. The van der Waals surface area contributed by atoms with Crippen molar-refractivity contribution in [2.24, 2.45) is 16.1 Å². The van der Waals surface area contributed by atoms with Gasteiger partial charge in [-0.3, -0.25) is 14.9 Å². The number of hydrogen-bond acceptors (Lipinski definition) is 9. The largest absolute Gasteiger partial charge is 0.464 e. The highest BCUT2D eigenvalue weighted by Crippen LogP contribution is 2.32. The van der Waals surface area contributed by atoms with Gasteiger partial charge in [-0.15, -0.1) is 5.11 Å². The molecule has 0 aliphatic rings. The molecule has 0 heterocycles. The number of rotatable bonds is 13. The summed E-state index contributed by atoms with van der Waals surface area (Å²) in [5, 5.41) is 38.3. The average molecular weight is 505 g/mol. The van der Waals surface area contributed by atoms with Crippen LogP contribution in [0.4, 0.5) is 22.7 Å². The zero-order chi connectivity index (χ0) is 27.4. The fourth-order valence-corrected chi connectivity index (χ4v) is 3.91. The molecule has 0 saturated heterocycles. The average Bonchev–Trinajstić information content (AvgIpc) is 2.88. The Balaban J connectivity index is 2.35. The van der Waals surface area contributed by atoms with E-state index in [0.29, 0.717) is 18.2 Å². The maximum absolute atomic E-state index is 11.3. The number of non-ortho nitro benzene ring substituents is 1. The van der Waals surface area contributed by atoms with Gasteiger partial charge < -0.3 is 9.64 Å². The first-order chi connectivity index (χ1) is 17.7. The van der Waals surface area contributed by atoms with E-state index >= 15 is 0 Å². The van der Waals surface area contributed by atoms with Gasteiger partial charge in [0.2, 0.25) is 0 Å². The molecular weight excluding hydrogens is 472 g/mol. The van der Waals surface area contributed by atoms with Gasteiger partial charge >= 0.3 is 5.97 Å². The first kappa shape index (κ1) is 28.9. The van der Waals surface area contributed by atoms with E-state index in [2.05, 4.69) is 29.0 Å². The normalized spacial score (nSPS) is 11.5. The van der Waals surface area contributed by atoms with Crippen molar-refractivity contribution in [3.05, 3.63) is 57.1 Å². The molecule has 10 nitrogen and oxygen atoms in total. The lowest BCUT2D eigenvalue weighted by molar-refractivity contribution is -0.384. The number of hydrogen-bond donors (Lipinski definition) is 0. The minimum Gasteiger partial charge on any atom is -0.464 e. The van der Waals surface area contributed by atoms with Gasteiger partial charge in [0.05, 0.1) is 28.3 Å². The first-order valence-corrected chi connectivity index (χ1v) is 12.3. The summed E-state index contributed by atoms with van der Waals surface area (Å²) in [7, 11) is 0. The van der Waals surface area contributed by atoms with Crippen LogP contribution in [-0.4, -0.2) is 30.6 Å². The SMILES string of the molecule is CCCCC(CC)CN(CCOC(C)=O)c1ccc(N=Nc2c(C#N)cc([N+](=O)[O-])cc2C#N)c(C)c1. The number of carbonyl (C=O) groups is 1. The van der Waals surface area contributed by atoms with Gasteiger partial charge in [0, 0.05) is 31.3 Å². The van der Waals surface area contributed by atoms with Crippen LogP contribution in [0.1, 0.15) is 63.1 Å². The number of aryl methyl sites for hydroxylation is 1. The van der Waals surface area contributed by atoms with Crippen LogP contribution in [0.3, 0.4) is 0 Å². The van der Waals surface area contributed by atoms with Crippen molar-refractivity contribution < 1.29 is 14.5 Å². The Bertz CT molecular complexity index is 1190. The quantitative estimate of drug-likeness (QED) is 0.128. The lowest BCUT2D eigenvalue weighted by atomic mass is 9.98. The van der Waals surface area contributed by atoms with Gasteiger partial charge in [0.15, 0.2) is 0 Å². The standard InChI is InChI=1S/C27H32N6O4/c1-5-7-8-21(6-2)18-32(11-12-37-20(4)34)24-9-10-26(19(3)13-24)30-31-27-22(16-28)14-25(33(35)36)15-23(27)17-29/h9-10,13-15,21H,5-8,11-12,18H2,1-4H3. The molecular formula is C27H32N6O4. The van der Waals surface area contributed by atoms with Gasteiger partial charge in [0.1, 0.15) is 24.4 Å². The molecule has 0 N–H and O–H groups in total. The summed E-state index contributed by atoms with van der Waals surface area (Å²) >= 11 is 0. The summed E-state index contributed by atoms with van der Waals surface area (Å²) in [6.07, 6.45) is 4.47. The van der Waals surface area contributed by atoms with E-state index < -0.39 is 4.92 Å². The molecule has 2 rings (SSSR count). The number of anilines is 1. The van der Waals surface area contributed by atoms with Gasteiger partial charge in [-0.1, -0.05) is 33.1 Å². The third-order valence-corrected chi connectivity index (χ3v) is 6.04. The predicted octanol–water partition coefficient (Wildman–Crippen LogP) is 6.65. The van der Waals surface area contributed by atoms with Crippen molar-refractivity contribution in [3.63, 3.8) is 0 Å². The molecule has 0 saturated carbocycles. The van der Waals surface area contributed by atoms with E-state index in [1.165, 1.54) is 6.92 Å². The van der Waals surface area contributed by atoms with Crippen LogP contribution >= 0.6 is 0 Å². The van der Waals surface area contributed by atoms with Crippen LogP contribution in [0, 0.1) is 45.6 Å². The minimum absolute atomic E-state index is 0.0104. The molecule has 2 aromatic carbocycles. The van der Waals surface area contributed by atoms with Crippen molar-refractivity contribution in [2.75, 3.05) is 24.6 Å². The van der Waals surface area contributed by atoms with Crippen LogP contribution in [0.15, 0.2) is 40.6 Å². The molecule has 1 atom stereocenters. The fraction of sp³-hybridized carbons (Fsp3) is 0.444. The van der Waals surface area contributed by atoms with Gasteiger partial charge in [-0.2, -0.15) is 15.6 Å². The minimum atomic E-state index is -0.663. The highest BCUT2D eigenvalue weighted by atomic mass is 16.6. The summed E-state index contributed by atoms with van der Waals surface area (Å²) in [5.41, 5.74) is 1.75. The summed E-state index contributed by atoms with van der Waals surface area (Å²) in [6.45, 7) is 9.31. The van der Waals surface area contributed by atoms with E-state index in [-0.39, 0.29) is 35.1 Å². The third-order valence-electron chi connectivity index (χ3n) is 6.04. The Morgan fingerprint density at radius 2 is 1.84 bits per heavy atom. The van der Waals surface area contributed by atoms with E-state index in [4.69, 9.17) is 4.74 Å². The van der Waals surface area contributed by atoms with Gasteiger partial charge in [0.25, 0.3) is 5.69 Å². The van der Waals surface area contributed by atoms with E-state index in [1.807, 2.05) is 31.2 Å².